The number of anilines is 2. The summed E-state index contributed by atoms with van der Waals surface area (Å²) in [6, 6.07) is 13.0. The molecule has 0 radical (unpaired) electrons. The van der Waals surface area contributed by atoms with E-state index >= 15 is 0 Å². The predicted octanol–water partition coefficient (Wildman–Crippen LogP) is 3.11. The summed E-state index contributed by atoms with van der Waals surface area (Å²) in [6.07, 6.45) is 2.30. The number of aryl methyl sites for hydroxylation is 2. The van der Waals surface area contributed by atoms with Gasteiger partial charge in [0, 0.05) is 18.7 Å². The molecule has 7 heteroatoms. The van der Waals surface area contributed by atoms with E-state index in [2.05, 4.69) is 5.32 Å². The highest BCUT2D eigenvalue weighted by molar-refractivity contribution is 6.01. The fraction of sp³-hybridized carbons (Fsp3) is 0.375. The fourth-order valence-corrected chi connectivity index (χ4v) is 4.17. The van der Waals surface area contributed by atoms with Crippen molar-refractivity contribution in [1.82, 2.24) is 0 Å². The number of hydrogen-bond donors (Lipinski definition) is 1. The molecule has 0 unspecified atom stereocenters. The van der Waals surface area contributed by atoms with Crippen molar-refractivity contribution in [2.24, 2.45) is 5.92 Å². The van der Waals surface area contributed by atoms with Crippen LogP contribution in [0.1, 0.15) is 30.9 Å². The molecule has 2 amide bonds. The van der Waals surface area contributed by atoms with Crippen molar-refractivity contribution in [2.45, 2.75) is 38.7 Å². The van der Waals surface area contributed by atoms with Crippen LogP contribution >= 0.6 is 0 Å². The molecule has 2 aromatic rings. The number of hydrogen-bond acceptors (Lipinski definition) is 5. The number of carbonyl (C=O) groups is 3. The van der Waals surface area contributed by atoms with Gasteiger partial charge in [-0.05, 0) is 61.6 Å². The van der Waals surface area contributed by atoms with Crippen molar-refractivity contribution < 1.29 is 23.9 Å². The van der Waals surface area contributed by atoms with Crippen molar-refractivity contribution in [1.29, 1.82) is 0 Å². The molecule has 1 fully saturated rings. The Morgan fingerprint density at radius 3 is 2.71 bits per heavy atom. The maximum atomic E-state index is 12.6. The molecule has 162 valence electrons. The number of para-hydroxylation sites is 2. The van der Waals surface area contributed by atoms with Crippen LogP contribution in [0.15, 0.2) is 42.5 Å². The number of carbonyl (C=O) groups excluding carboxylic acids is 3. The first-order valence-corrected chi connectivity index (χ1v) is 10.5. The second-order valence-corrected chi connectivity index (χ2v) is 7.98. The lowest BCUT2D eigenvalue weighted by molar-refractivity contribution is -0.157. The van der Waals surface area contributed by atoms with Crippen molar-refractivity contribution in [3.63, 3.8) is 0 Å². The summed E-state index contributed by atoms with van der Waals surface area (Å²) in [5.74, 6) is -1.19. The third-order valence-corrected chi connectivity index (χ3v) is 5.86. The Balaban J connectivity index is 1.35. The van der Waals surface area contributed by atoms with E-state index in [-0.39, 0.29) is 18.9 Å². The molecule has 2 aliphatic rings. The van der Waals surface area contributed by atoms with Gasteiger partial charge in [0.05, 0.1) is 18.7 Å². The first-order chi connectivity index (χ1) is 15.0. The van der Waals surface area contributed by atoms with Crippen LogP contribution in [0.3, 0.4) is 0 Å². The van der Waals surface area contributed by atoms with Crippen LogP contribution in [0.25, 0.3) is 0 Å². The number of amides is 2. The predicted molar refractivity (Wildman–Crippen MR) is 116 cm³/mol. The van der Waals surface area contributed by atoms with E-state index in [0.717, 1.165) is 19.3 Å². The average Bonchev–Trinajstić information content (AvgIpc) is 3.39. The number of methoxy groups -OCH3 is 1. The van der Waals surface area contributed by atoms with Crippen LogP contribution in [-0.4, -0.2) is 37.5 Å². The number of nitrogens with zero attached hydrogens (tertiary/aromatic N) is 1. The molecule has 1 aliphatic heterocycles. The Kier molecular flexibility index (Phi) is 5.93. The molecular formula is C24H26N2O5. The molecule has 1 heterocycles. The van der Waals surface area contributed by atoms with Gasteiger partial charge in [-0.25, -0.2) is 0 Å². The average molecular weight is 422 g/mol. The number of ether oxygens (including phenoxy) is 2. The van der Waals surface area contributed by atoms with Crippen LogP contribution in [0.5, 0.6) is 5.75 Å². The molecule has 1 aliphatic carbocycles. The summed E-state index contributed by atoms with van der Waals surface area (Å²) in [6.45, 7) is 1.73. The van der Waals surface area contributed by atoms with E-state index in [9.17, 15) is 14.4 Å². The van der Waals surface area contributed by atoms with Gasteiger partial charge in [-0.15, -0.1) is 0 Å². The number of nitrogens with one attached hydrogen (secondary N) is 1. The second-order valence-electron chi connectivity index (χ2n) is 7.98. The summed E-state index contributed by atoms with van der Waals surface area (Å²) >= 11 is 0. The zero-order valence-electron chi connectivity index (χ0n) is 17.7. The zero-order chi connectivity index (χ0) is 22.0. The molecule has 0 spiro atoms. The van der Waals surface area contributed by atoms with E-state index < -0.39 is 23.9 Å². The smallest absolute Gasteiger partial charge is 0.312 e. The third kappa shape index (κ3) is 4.40. The normalized spacial score (nSPS) is 18.5. The maximum absolute atomic E-state index is 12.6. The quantitative estimate of drug-likeness (QED) is 0.723. The second kappa shape index (κ2) is 8.79. The monoisotopic (exact) mass is 422 g/mol. The Labute approximate surface area is 181 Å². The summed E-state index contributed by atoms with van der Waals surface area (Å²) in [5.41, 5.74) is 3.89. The highest BCUT2D eigenvalue weighted by atomic mass is 16.5. The van der Waals surface area contributed by atoms with Gasteiger partial charge < -0.3 is 19.7 Å². The Morgan fingerprint density at radius 2 is 1.90 bits per heavy atom. The topological polar surface area (TPSA) is 84.9 Å². The Bertz CT molecular complexity index is 1020. The van der Waals surface area contributed by atoms with Gasteiger partial charge in [-0.3, -0.25) is 14.4 Å². The van der Waals surface area contributed by atoms with Gasteiger partial charge in [0.15, 0.2) is 6.10 Å². The standard InChI is InChI=1S/C24H26N2O5/c1-15(23(28)25-19-11-10-16-6-5-7-17(16)12-19)31-24(29)18-13-22(27)26(14-18)20-8-3-4-9-21(20)30-2/h3-4,8-12,15,18H,5-7,13-14H2,1-2H3,(H,25,28)/t15-,18+/m1/s1. The van der Waals surface area contributed by atoms with Gasteiger partial charge >= 0.3 is 5.97 Å². The molecule has 0 bridgehead atoms. The summed E-state index contributed by atoms with van der Waals surface area (Å²) in [7, 11) is 1.53. The molecule has 2 aromatic carbocycles. The molecular weight excluding hydrogens is 396 g/mol. The lowest BCUT2D eigenvalue weighted by Crippen LogP contribution is -2.33. The van der Waals surface area contributed by atoms with Gasteiger partial charge in [0.1, 0.15) is 5.75 Å². The van der Waals surface area contributed by atoms with Gasteiger partial charge in [-0.2, -0.15) is 0 Å². The minimum Gasteiger partial charge on any atom is -0.495 e. The van der Waals surface area contributed by atoms with Crippen molar-refractivity contribution in [3.8, 4) is 5.75 Å². The molecule has 1 N–H and O–H groups in total. The summed E-state index contributed by atoms with van der Waals surface area (Å²) in [4.78, 5) is 39.2. The number of benzene rings is 2. The van der Waals surface area contributed by atoms with Crippen LogP contribution in [0, 0.1) is 5.92 Å². The van der Waals surface area contributed by atoms with E-state index in [1.54, 1.807) is 12.1 Å². The summed E-state index contributed by atoms with van der Waals surface area (Å²) < 4.78 is 10.7. The Morgan fingerprint density at radius 1 is 1.13 bits per heavy atom. The van der Waals surface area contributed by atoms with E-state index in [1.807, 2.05) is 30.3 Å². The Hall–Kier alpha value is -3.35. The molecule has 0 saturated carbocycles. The van der Waals surface area contributed by atoms with E-state index in [4.69, 9.17) is 9.47 Å². The molecule has 7 nitrogen and oxygen atoms in total. The van der Waals surface area contributed by atoms with E-state index in [1.165, 1.54) is 30.1 Å². The van der Waals surface area contributed by atoms with Crippen molar-refractivity contribution in [2.75, 3.05) is 23.9 Å². The van der Waals surface area contributed by atoms with Gasteiger partial charge in [-0.1, -0.05) is 18.2 Å². The highest BCUT2D eigenvalue weighted by Gasteiger charge is 2.38. The van der Waals surface area contributed by atoms with Gasteiger partial charge in [0.2, 0.25) is 5.91 Å². The summed E-state index contributed by atoms with van der Waals surface area (Å²) in [5, 5.41) is 2.82. The lowest BCUT2D eigenvalue weighted by atomic mass is 10.1. The van der Waals surface area contributed by atoms with Crippen molar-refractivity contribution >= 4 is 29.2 Å². The molecule has 1 saturated heterocycles. The minimum absolute atomic E-state index is 0.0377. The number of fused-ring (bicyclic) bond motifs is 1. The third-order valence-electron chi connectivity index (χ3n) is 5.86. The van der Waals surface area contributed by atoms with Crippen LogP contribution in [-0.2, 0) is 32.0 Å². The molecule has 0 aromatic heterocycles. The largest absolute Gasteiger partial charge is 0.495 e. The number of rotatable bonds is 6. The lowest BCUT2D eigenvalue weighted by Gasteiger charge is -2.20. The fourth-order valence-electron chi connectivity index (χ4n) is 4.17. The first kappa shape index (κ1) is 20.9. The van der Waals surface area contributed by atoms with Crippen LogP contribution < -0.4 is 15.0 Å². The SMILES string of the molecule is COc1ccccc1N1C[C@@H](C(=O)O[C@H](C)C(=O)Nc2ccc3c(c2)CCC3)CC1=O. The molecule has 2 atom stereocenters. The molecule has 4 rings (SSSR count). The highest BCUT2D eigenvalue weighted by Crippen LogP contribution is 2.33. The van der Waals surface area contributed by atoms with Crippen LogP contribution in [0.2, 0.25) is 0 Å². The minimum atomic E-state index is -0.962. The first-order valence-electron chi connectivity index (χ1n) is 10.5. The van der Waals surface area contributed by atoms with Crippen molar-refractivity contribution in [3.05, 3.63) is 53.6 Å². The van der Waals surface area contributed by atoms with Gasteiger partial charge in [0.25, 0.3) is 5.91 Å². The number of esters is 1. The maximum Gasteiger partial charge on any atom is 0.312 e. The molecule has 31 heavy (non-hydrogen) atoms. The van der Waals surface area contributed by atoms with E-state index in [0.29, 0.717) is 17.1 Å². The van der Waals surface area contributed by atoms with Crippen LogP contribution in [0.4, 0.5) is 11.4 Å². The zero-order valence-corrected chi connectivity index (χ0v) is 17.7.